The fraction of sp³-hybridized carbons (Fsp3) is 0.200. The summed E-state index contributed by atoms with van der Waals surface area (Å²) in [5, 5.41) is 0.958. The van der Waals surface area contributed by atoms with E-state index in [-0.39, 0.29) is 5.78 Å². The van der Waals surface area contributed by atoms with Crippen molar-refractivity contribution in [3.8, 4) is 17.2 Å². The molecule has 0 aliphatic carbocycles. The van der Waals surface area contributed by atoms with Crippen molar-refractivity contribution in [3.05, 3.63) is 72.3 Å². The van der Waals surface area contributed by atoms with E-state index in [4.69, 9.17) is 9.47 Å². The van der Waals surface area contributed by atoms with Crippen molar-refractivity contribution < 1.29 is 14.3 Å². The molecule has 0 aliphatic rings. The maximum Gasteiger partial charge on any atom is 0.180 e. The van der Waals surface area contributed by atoms with Crippen LogP contribution >= 0.6 is 0 Å². The van der Waals surface area contributed by atoms with Gasteiger partial charge in [-0.15, -0.1) is 0 Å². The Bertz CT molecular complexity index is 1270. The van der Waals surface area contributed by atoms with Gasteiger partial charge in [-0.3, -0.25) is 4.79 Å². The van der Waals surface area contributed by atoms with Crippen LogP contribution in [0.1, 0.15) is 29.7 Å². The number of para-hydroxylation sites is 1. The van der Waals surface area contributed by atoms with E-state index in [1.54, 1.807) is 25.4 Å². The summed E-state index contributed by atoms with van der Waals surface area (Å²) in [7, 11) is 3.54. The second-order valence-corrected chi connectivity index (χ2v) is 7.26. The van der Waals surface area contributed by atoms with Gasteiger partial charge in [0.05, 0.1) is 18.8 Å². The molecule has 0 fully saturated rings. The number of fused-ring (bicyclic) bond motifs is 1. The van der Waals surface area contributed by atoms with E-state index in [1.165, 1.54) is 0 Å². The molecule has 7 nitrogen and oxygen atoms in total. The summed E-state index contributed by atoms with van der Waals surface area (Å²) in [4.78, 5) is 27.2. The number of ether oxygens (including phenoxy) is 2. The van der Waals surface area contributed by atoms with Crippen molar-refractivity contribution in [1.82, 2.24) is 15.0 Å². The maximum absolute atomic E-state index is 11.8. The van der Waals surface area contributed by atoms with Crippen molar-refractivity contribution in [2.45, 2.75) is 20.3 Å². The van der Waals surface area contributed by atoms with Crippen LogP contribution in [0.2, 0.25) is 0 Å². The monoisotopic (exact) mass is 428 g/mol. The number of rotatable bonds is 7. The number of hydrogen-bond donors (Lipinski definition) is 0. The SMILES string of the molecule is CCC(=O)c1ccc(Oc2cc(N(C)c3nc(C)nc4ccccc34)ccc2OC)cn1. The van der Waals surface area contributed by atoms with Gasteiger partial charge in [0.1, 0.15) is 23.1 Å². The lowest BCUT2D eigenvalue weighted by Crippen LogP contribution is -2.13. The summed E-state index contributed by atoms with van der Waals surface area (Å²) in [6, 6.07) is 17.0. The predicted octanol–water partition coefficient (Wildman–Crippen LogP) is 5.49. The van der Waals surface area contributed by atoms with Gasteiger partial charge in [0, 0.05) is 30.6 Å². The topological polar surface area (TPSA) is 77.4 Å². The molecule has 0 atom stereocenters. The van der Waals surface area contributed by atoms with Gasteiger partial charge in [-0.25, -0.2) is 15.0 Å². The second-order valence-electron chi connectivity index (χ2n) is 7.26. The van der Waals surface area contributed by atoms with Crippen LogP contribution < -0.4 is 14.4 Å². The number of carbonyl (C=O) groups is 1. The lowest BCUT2D eigenvalue weighted by Gasteiger charge is -2.22. The van der Waals surface area contributed by atoms with Gasteiger partial charge < -0.3 is 14.4 Å². The van der Waals surface area contributed by atoms with Gasteiger partial charge in [0.25, 0.3) is 0 Å². The Labute approximate surface area is 186 Å². The molecule has 4 rings (SSSR count). The normalized spacial score (nSPS) is 10.8. The zero-order chi connectivity index (χ0) is 22.7. The minimum Gasteiger partial charge on any atom is -0.493 e. The second kappa shape index (κ2) is 9.01. The van der Waals surface area contributed by atoms with E-state index in [1.807, 2.05) is 68.3 Å². The van der Waals surface area contributed by atoms with Crippen LogP contribution in [-0.4, -0.2) is 34.9 Å². The largest absolute Gasteiger partial charge is 0.493 e. The van der Waals surface area contributed by atoms with Crippen molar-refractivity contribution in [3.63, 3.8) is 0 Å². The molecular formula is C25H24N4O3. The van der Waals surface area contributed by atoms with Gasteiger partial charge in [0.15, 0.2) is 17.3 Å². The van der Waals surface area contributed by atoms with Crippen molar-refractivity contribution >= 4 is 28.2 Å². The third-order valence-electron chi connectivity index (χ3n) is 5.12. The fourth-order valence-electron chi connectivity index (χ4n) is 3.42. The summed E-state index contributed by atoms with van der Waals surface area (Å²) in [6.45, 7) is 3.69. The van der Waals surface area contributed by atoms with Gasteiger partial charge in [-0.2, -0.15) is 0 Å². The molecule has 0 spiro atoms. The van der Waals surface area contributed by atoms with Gasteiger partial charge >= 0.3 is 0 Å². The third-order valence-corrected chi connectivity index (χ3v) is 5.12. The average molecular weight is 428 g/mol. The molecule has 0 saturated heterocycles. The molecule has 0 amide bonds. The van der Waals surface area contributed by atoms with Gasteiger partial charge in [0.2, 0.25) is 0 Å². The van der Waals surface area contributed by atoms with Gasteiger partial charge in [-0.05, 0) is 43.3 Å². The standard InChI is InChI=1S/C25H24N4O3/c1-5-22(30)21-12-11-18(15-26-21)32-24-14-17(10-13-23(24)31-4)29(3)25-19-8-6-7-9-20(19)27-16(2)28-25/h6-15H,5H2,1-4H3. The molecule has 162 valence electrons. The first kappa shape index (κ1) is 21.2. The van der Waals surface area contributed by atoms with E-state index < -0.39 is 0 Å². The molecule has 0 radical (unpaired) electrons. The molecule has 0 aliphatic heterocycles. The molecule has 2 aromatic heterocycles. The average Bonchev–Trinajstić information content (AvgIpc) is 2.83. The van der Waals surface area contributed by atoms with Crippen molar-refractivity contribution in [1.29, 1.82) is 0 Å². The molecule has 0 unspecified atom stereocenters. The van der Waals surface area contributed by atoms with E-state index in [9.17, 15) is 4.79 Å². The summed E-state index contributed by atoms with van der Waals surface area (Å²) < 4.78 is 11.5. The molecular weight excluding hydrogens is 404 g/mol. The van der Waals surface area contributed by atoms with Crippen molar-refractivity contribution in [2.75, 3.05) is 19.1 Å². The zero-order valence-electron chi connectivity index (χ0n) is 18.5. The number of ketones is 1. The van der Waals surface area contributed by atoms with E-state index in [0.29, 0.717) is 35.2 Å². The molecule has 2 aromatic carbocycles. The predicted molar refractivity (Wildman–Crippen MR) is 124 cm³/mol. The number of hydrogen-bond acceptors (Lipinski definition) is 7. The van der Waals surface area contributed by atoms with Crippen LogP contribution in [0.3, 0.4) is 0 Å². The van der Waals surface area contributed by atoms with E-state index in [0.717, 1.165) is 22.4 Å². The minimum absolute atomic E-state index is 0.00914. The minimum atomic E-state index is -0.00914. The Morgan fingerprint density at radius 3 is 2.56 bits per heavy atom. The number of aromatic nitrogens is 3. The Kier molecular flexibility index (Phi) is 5.98. The van der Waals surface area contributed by atoms with Crippen LogP contribution in [0, 0.1) is 6.92 Å². The molecule has 7 heteroatoms. The summed E-state index contributed by atoms with van der Waals surface area (Å²) in [6.07, 6.45) is 1.95. The Morgan fingerprint density at radius 1 is 1.03 bits per heavy atom. The summed E-state index contributed by atoms with van der Waals surface area (Å²) in [5.41, 5.74) is 2.18. The highest BCUT2D eigenvalue weighted by Crippen LogP contribution is 2.37. The van der Waals surface area contributed by atoms with E-state index >= 15 is 0 Å². The number of nitrogens with zero attached hydrogens (tertiary/aromatic N) is 4. The Hall–Kier alpha value is -4.00. The number of Topliss-reactive ketones (excluding diaryl/α,β-unsaturated/α-hetero) is 1. The fourth-order valence-corrected chi connectivity index (χ4v) is 3.42. The summed E-state index contributed by atoms with van der Waals surface area (Å²) >= 11 is 0. The number of methoxy groups -OCH3 is 1. The van der Waals surface area contributed by atoms with Crippen LogP contribution in [0.15, 0.2) is 60.8 Å². The molecule has 0 bridgehead atoms. The first-order chi connectivity index (χ1) is 15.5. The van der Waals surface area contributed by atoms with Crippen molar-refractivity contribution in [2.24, 2.45) is 0 Å². The number of benzene rings is 2. The number of carbonyl (C=O) groups excluding carboxylic acids is 1. The highest BCUT2D eigenvalue weighted by molar-refractivity contribution is 5.94. The Morgan fingerprint density at radius 2 is 1.84 bits per heavy atom. The lowest BCUT2D eigenvalue weighted by molar-refractivity contribution is 0.0983. The molecule has 2 heterocycles. The maximum atomic E-state index is 11.8. The van der Waals surface area contributed by atoms with Crippen LogP contribution in [0.4, 0.5) is 11.5 Å². The highest BCUT2D eigenvalue weighted by atomic mass is 16.5. The third kappa shape index (κ3) is 4.23. The summed E-state index contributed by atoms with van der Waals surface area (Å²) in [5.74, 6) is 3.11. The lowest BCUT2D eigenvalue weighted by atomic mass is 10.2. The zero-order valence-corrected chi connectivity index (χ0v) is 18.5. The quantitative estimate of drug-likeness (QED) is 0.360. The van der Waals surface area contributed by atoms with E-state index in [2.05, 4.69) is 15.0 Å². The molecule has 0 saturated carbocycles. The number of pyridine rings is 1. The van der Waals surface area contributed by atoms with Gasteiger partial charge in [-0.1, -0.05) is 19.1 Å². The first-order valence-electron chi connectivity index (χ1n) is 10.3. The molecule has 0 N–H and O–H groups in total. The van der Waals surface area contributed by atoms with Crippen LogP contribution in [-0.2, 0) is 0 Å². The molecule has 32 heavy (non-hydrogen) atoms. The first-order valence-corrected chi connectivity index (χ1v) is 10.3. The number of anilines is 2. The van der Waals surface area contributed by atoms with Crippen LogP contribution in [0.5, 0.6) is 17.2 Å². The smallest absolute Gasteiger partial charge is 0.180 e. The highest BCUT2D eigenvalue weighted by Gasteiger charge is 2.15. The Balaban J connectivity index is 1.69. The molecule has 4 aromatic rings. The van der Waals surface area contributed by atoms with Crippen LogP contribution in [0.25, 0.3) is 10.9 Å². The number of aryl methyl sites for hydroxylation is 1.